The molecule has 0 amide bonds. The quantitative estimate of drug-likeness (QED) is 0.607. The zero-order valence-corrected chi connectivity index (χ0v) is 8.39. The molecule has 0 aliphatic heterocycles. The fraction of sp³-hybridized carbons (Fsp3) is 1.00. The van der Waals surface area contributed by atoms with E-state index in [4.69, 9.17) is 5.73 Å². The minimum absolute atomic E-state index is 0.552. The first-order valence-corrected chi connectivity index (χ1v) is 5.60. The van der Waals surface area contributed by atoms with Crippen LogP contribution in [0.3, 0.4) is 0 Å². The molecule has 1 heteroatoms. The van der Waals surface area contributed by atoms with Gasteiger partial charge in [-0.05, 0) is 25.2 Å². The van der Waals surface area contributed by atoms with Crippen molar-refractivity contribution in [3.8, 4) is 0 Å². The van der Waals surface area contributed by atoms with E-state index >= 15 is 0 Å². The summed E-state index contributed by atoms with van der Waals surface area (Å²) in [5.41, 5.74) is 5.86. The van der Waals surface area contributed by atoms with Gasteiger partial charge in [-0.1, -0.05) is 39.0 Å². The third-order valence-corrected chi connectivity index (χ3v) is 3.15. The molecule has 0 saturated heterocycles. The van der Waals surface area contributed by atoms with Crippen molar-refractivity contribution in [3.63, 3.8) is 0 Å². The number of rotatable bonds is 6. The molecule has 0 radical (unpaired) electrons. The summed E-state index contributed by atoms with van der Waals surface area (Å²) in [6.07, 6.45) is 11.1. The smallest absolute Gasteiger partial charge is 0.00672 e. The summed E-state index contributed by atoms with van der Waals surface area (Å²) in [4.78, 5) is 0. The number of unbranched alkanes of at least 4 members (excludes halogenated alkanes) is 4. The summed E-state index contributed by atoms with van der Waals surface area (Å²) >= 11 is 0. The summed E-state index contributed by atoms with van der Waals surface area (Å²) in [7, 11) is 0. The van der Waals surface area contributed by atoms with Crippen molar-refractivity contribution in [1.82, 2.24) is 0 Å². The van der Waals surface area contributed by atoms with E-state index in [1.54, 1.807) is 0 Å². The standard InChI is InChI=1S/C11H23N/c1-2-3-4-5-6-7-10-8-9-11(10)12/h10-11H,2-9,12H2,1H3. The van der Waals surface area contributed by atoms with Gasteiger partial charge in [0.25, 0.3) is 0 Å². The van der Waals surface area contributed by atoms with Gasteiger partial charge in [-0.15, -0.1) is 0 Å². The maximum atomic E-state index is 5.86. The average Bonchev–Trinajstić information content (AvgIpc) is 2.08. The van der Waals surface area contributed by atoms with Crippen LogP contribution < -0.4 is 5.73 Å². The van der Waals surface area contributed by atoms with Gasteiger partial charge in [0.1, 0.15) is 0 Å². The molecule has 0 heterocycles. The Hall–Kier alpha value is -0.0400. The number of hydrogen-bond donors (Lipinski definition) is 1. The molecule has 1 fully saturated rings. The molecule has 2 N–H and O–H groups in total. The SMILES string of the molecule is CCCCCCCC1CCC1N. The van der Waals surface area contributed by atoms with Crippen LogP contribution in [0.2, 0.25) is 0 Å². The molecule has 2 unspecified atom stereocenters. The van der Waals surface area contributed by atoms with E-state index in [-0.39, 0.29) is 0 Å². The normalized spacial score (nSPS) is 28.5. The van der Waals surface area contributed by atoms with Gasteiger partial charge in [0, 0.05) is 6.04 Å². The molecule has 2 atom stereocenters. The Kier molecular flexibility index (Phi) is 4.67. The van der Waals surface area contributed by atoms with E-state index in [0.29, 0.717) is 6.04 Å². The second-order valence-corrected chi connectivity index (χ2v) is 4.20. The summed E-state index contributed by atoms with van der Waals surface area (Å²) in [5.74, 6) is 0.881. The highest BCUT2D eigenvalue weighted by atomic mass is 14.7. The Morgan fingerprint density at radius 1 is 1.08 bits per heavy atom. The maximum Gasteiger partial charge on any atom is 0.00672 e. The topological polar surface area (TPSA) is 26.0 Å². The highest BCUT2D eigenvalue weighted by molar-refractivity contribution is 4.83. The Morgan fingerprint density at radius 2 is 1.83 bits per heavy atom. The Balaban J connectivity index is 1.82. The van der Waals surface area contributed by atoms with Crippen LogP contribution in [0.1, 0.15) is 58.3 Å². The average molecular weight is 169 g/mol. The molecule has 0 aromatic carbocycles. The number of hydrogen-bond acceptors (Lipinski definition) is 1. The van der Waals surface area contributed by atoms with Crippen LogP contribution >= 0.6 is 0 Å². The van der Waals surface area contributed by atoms with E-state index in [9.17, 15) is 0 Å². The first-order valence-electron chi connectivity index (χ1n) is 5.60. The summed E-state index contributed by atoms with van der Waals surface area (Å²) < 4.78 is 0. The highest BCUT2D eigenvalue weighted by Crippen LogP contribution is 2.30. The Bertz CT molecular complexity index is 112. The van der Waals surface area contributed by atoms with E-state index in [0.717, 1.165) is 5.92 Å². The van der Waals surface area contributed by atoms with Gasteiger partial charge in [0.05, 0.1) is 0 Å². The van der Waals surface area contributed by atoms with Crippen molar-refractivity contribution < 1.29 is 0 Å². The van der Waals surface area contributed by atoms with Crippen LogP contribution in [-0.2, 0) is 0 Å². The van der Waals surface area contributed by atoms with Gasteiger partial charge in [0.2, 0.25) is 0 Å². The van der Waals surface area contributed by atoms with Gasteiger partial charge in [0.15, 0.2) is 0 Å². The van der Waals surface area contributed by atoms with Crippen molar-refractivity contribution in [1.29, 1.82) is 0 Å². The lowest BCUT2D eigenvalue weighted by Crippen LogP contribution is -2.39. The number of nitrogens with two attached hydrogens (primary N) is 1. The Labute approximate surface area is 76.7 Å². The van der Waals surface area contributed by atoms with E-state index < -0.39 is 0 Å². The largest absolute Gasteiger partial charge is 0.327 e. The van der Waals surface area contributed by atoms with E-state index in [1.165, 1.54) is 51.4 Å². The van der Waals surface area contributed by atoms with E-state index in [1.807, 2.05) is 0 Å². The van der Waals surface area contributed by atoms with Crippen molar-refractivity contribution >= 4 is 0 Å². The minimum atomic E-state index is 0.552. The van der Waals surface area contributed by atoms with Crippen molar-refractivity contribution in [2.45, 2.75) is 64.3 Å². The molecule has 1 nitrogen and oxygen atoms in total. The van der Waals surface area contributed by atoms with Crippen LogP contribution in [0, 0.1) is 5.92 Å². The third kappa shape index (κ3) is 3.14. The van der Waals surface area contributed by atoms with Crippen LogP contribution in [-0.4, -0.2) is 6.04 Å². The molecule has 12 heavy (non-hydrogen) atoms. The van der Waals surface area contributed by atoms with Crippen molar-refractivity contribution in [2.24, 2.45) is 11.7 Å². The minimum Gasteiger partial charge on any atom is -0.327 e. The van der Waals surface area contributed by atoms with Gasteiger partial charge in [-0.3, -0.25) is 0 Å². The lowest BCUT2D eigenvalue weighted by atomic mass is 9.77. The zero-order chi connectivity index (χ0) is 8.81. The first kappa shape index (κ1) is 10.0. The predicted octanol–water partition coefficient (Wildman–Crippen LogP) is 3.08. The molecule has 1 aliphatic carbocycles. The molecule has 1 rings (SSSR count). The maximum absolute atomic E-state index is 5.86. The second kappa shape index (κ2) is 5.58. The van der Waals surface area contributed by atoms with Crippen LogP contribution in [0.5, 0.6) is 0 Å². The molecule has 0 aromatic heterocycles. The molecule has 0 spiro atoms. The summed E-state index contributed by atoms with van der Waals surface area (Å²) in [6, 6.07) is 0.552. The van der Waals surface area contributed by atoms with Gasteiger partial charge in [-0.25, -0.2) is 0 Å². The molecule has 72 valence electrons. The summed E-state index contributed by atoms with van der Waals surface area (Å²) in [6.45, 7) is 2.27. The zero-order valence-electron chi connectivity index (χ0n) is 8.39. The van der Waals surface area contributed by atoms with E-state index in [2.05, 4.69) is 6.92 Å². The highest BCUT2D eigenvalue weighted by Gasteiger charge is 2.25. The van der Waals surface area contributed by atoms with Gasteiger partial charge in [-0.2, -0.15) is 0 Å². The molecule has 1 aliphatic rings. The van der Waals surface area contributed by atoms with Gasteiger partial charge >= 0.3 is 0 Å². The predicted molar refractivity (Wildman–Crippen MR) is 54.1 cm³/mol. The molecule has 0 aromatic rings. The van der Waals surface area contributed by atoms with Crippen LogP contribution in [0.4, 0.5) is 0 Å². The Morgan fingerprint density at radius 3 is 2.33 bits per heavy atom. The summed E-state index contributed by atoms with van der Waals surface area (Å²) in [5, 5.41) is 0. The third-order valence-electron chi connectivity index (χ3n) is 3.15. The lowest BCUT2D eigenvalue weighted by Gasteiger charge is -2.33. The lowest BCUT2D eigenvalue weighted by molar-refractivity contribution is 0.234. The van der Waals surface area contributed by atoms with Crippen LogP contribution in [0.25, 0.3) is 0 Å². The fourth-order valence-electron chi connectivity index (χ4n) is 1.96. The van der Waals surface area contributed by atoms with Crippen LogP contribution in [0.15, 0.2) is 0 Å². The molecule has 1 saturated carbocycles. The van der Waals surface area contributed by atoms with Crippen molar-refractivity contribution in [3.05, 3.63) is 0 Å². The second-order valence-electron chi connectivity index (χ2n) is 4.20. The fourth-order valence-corrected chi connectivity index (χ4v) is 1.96. The molecule has 0 bridgehead atoms. The first-order chi connectivity index (χ1) is 5.84. The monoisotopic (exact) mass is 169 g/mol. The molecular formula is C11H23N. The van der Waals surface area contributed by atoms with Gasteiger partial charge < -0.3 is 5.73 Å². The van der Waals surface area contributed by atoms with Crippen molar-refractivity contribution in [2.75, 3.05) is 0 Å². The molecular weight excluding hydrogens is 146 g/mol.